The summed E-state index contributed by atoms with van der Waals surface area (Å²) in [4.78, 5) is 33.1. The molecule has 0 N–H and O–H groups in total. The van der Waals surface area contributed by atoms with E-state index in [-0.39, 0.29) is 11.3 Å². The van der Waals surface area contributed by atoms with Crippen LogP contribution in [0.1, 0.15) is 40.4 Å². The molecule has 0 saturated carbocycles. The van der Waals surface area contributed by atoms with Crippen molar-refractivity contribution in [3.8, 4) is 0 Å². The molecule has 1 aliphatic rings. The molecule has 0 amide bonds. The van der Waals surface area contributed by atoms with Gasteiger partial charge in [0.15, 0.2) is 10.9 Å². The summed E-state index contributed by atoms with van der Waals surface area (Å²) >= 11 is 4.48. The molecule has 7 heteroatoms. The zero-order valence-electron chi connectivity index (χ0n) is 14.8. The fourth-order valence-corrected chi connectivity index (χ4v) is 6.56. The van der Waals surface area contributed by atoms with Gasteiger partial charge < -0.3 is 0 Å². The van der Waals surface area contributed by atoms with Crippen molar-refractivity contribution in [2.75, 3.05) is 5.75 Å². The highest BCUT2D eigenvalue weighted by Gasteiger charge is 2.24. The summed E-state index contributed by atoms with van der Waals surface area (Å²) in [5.74, 6) is 1.06. The van der Waals surface area contributed by atoms with E-state index in [0.717, 1.165) is 34.4 Å². The number of fused-ring (bicyclic) bond motifs is 3. The molecule has 0 aromatic carbocycles. The molecule has 0 fully saturated rings. The first-order valence-electron chi connectivity index (χ1n) is 8.83. The van der Waals surface area contributed by atoms with Crippen LogP contribution in [-0.4, -0.2) is 21.1 Å². The van der Waals surface area contributed by atoms with E-state index < -0.39 is 0 Å². The van der Waals surface area contributed by atoms with Crippen LogP contribution < -0.4 is 5.56 Å². The van der Waals surface area contributed by atoms with Crippen LogP contribution in [0.4, 0.5) is 0 Å². The number of ketones is 1. The summed E-state index contributed by atoms with van der Waals surface area (Å²) in [6, 6.07) is 3.72. The number of nitrogens with zero attached hydrogens (tertiary/aromatic N) is 2. The second-order valence-corrected chi connectivity index (χ2v) is 9.64. The quantitative estimate of drug-likeness (QED) is 0.353. The van der Waals surface area contributed by atoms with Crippen LogP contribution in [-0.2, 0) is 19.4 Å². The Morgan fingerprint density at radius 3 is 3.04 bits per heavy atom. The lowest BCUT2D eigenvalue weighted by atomic mass is 9.89. The molecule has 0 radical (unpaired) electrons. The maximum atomic E-state index is 13.1. The highest BCUT2D eigenvalue weighted by atomic mass is 32.2. The van der Waals surface area contributed by atoms with Crippen molar-refractivity contribution >= 4 is 50.4 Å². The molecular formula is C19H20N2O2S3. The van der Waals surface area contributed by atoms with Gasteiger partial charge in [0, 0.05) is 11.4 Å². The van der Waals surface area contributed by atoms with Crippen molar-refractivity contribution in [1.29, 1.82) is 0 Å². The number of carbonyl (C=O) groups is 1. The van der Waals surface area contributed by atoms with Gasteiger partial charge in [0.1, 0.15) is 4.83 Å². The molecule has 3 aromatic rings. The molecule has 4 rings (SSSR count). The van der Waals surface area contributed by atoms with E-state index in [9.17, 15) is 9.59 Å². The zero-order valence-corrected chi connectivity index (χ0v) is 17.2. The van der Waals surface area contributed by atoms with Crippen LogP contribution >= 0.6 is 34.4 Å². The molecular weight excluding hydrogens is 384 g/mol. The largest absolute Gasteiger partial charge is 0.292 e. The summed E-state index contributed by atoms with van der Waals surface area (Å²) in [7, 11) is 0. The predicted octanol–water partition coefficient (Wildman–Crippen LogP) is 4.64. The van der Waals surface area contributed by atoms with Crippen molar-refractivity contribution in [1.82, 2.24) is 9.55 Å². The number of carbonyl (C=O) groups excluding carboxylic acids is 1. The van der Waals surface area contributed by atoms with Crippen LogP contribution in [0.5, 0.6) is 0 Å². The van der Waals surface area contributed by atoms with Crippen molar-refractivity contribution in [3.63, 3.8) is 0 Å². The van der Waals surface area contributed by atoms with E-state index in [4.69, 9.17) is 4.98 Å². The van der Waals surface area contributed by atoms with Gasteiger partial charge >= 0.3 is 0 Å². The third-order valence-corrected chi connectivity index (χ3v) is 7.86. The van der Waals surface area contributed by atoms with Gasteiger partial charge in [-0.05, 0) is 49.1 Å². The molecule has 3 heterocycles. The molecule has 26 heavy (non-hydrogen) atoms. The minimum atomic E-state index is 0.0515. The lowest BCUT2D eigenvalue weighted by Gasteiger charge is -2.17. The van der Waals surface area contributed by atoms with Gasteiger partial charge in [-0.15, -0.1) is 22.7 Å². The lowest BCUT2D eigenvalue weighted by molar-refractivity contribution is 0.102. The monoisotopic (exact) mass is 404 g/mol. The number of hydrogen-bond donors (Lipinski definition) is 0. The van der Waals surface area contributed by atoms with E-state index >= 15 is 0 Å². The van der Waals surface area contributed by atoms with Crippen molar-refractivity contribution in [2.24, 2.45) is 5.92 Å². The number of Topliss-reactive ketones (excluding diaryl/α,β-unsaturated/α-hetero) is 1. The smallest absolute Gasteiger partial charge is 0.263 e. The Bertz CT molecular complexity index is 1020. The fourth-order valence-electron chi connectivity index (χ4n) is 3.43. The van der Waals surface area contributed by atoms with E-state index in [2.05, 4.69) is 6.92 Å². The Morgan fingerprint density at radius 2 is 2.31 bits per heavy atom. The standard InChI is InChI=1S/C19H20N2O2S3/c1-3-21-18(23)16-12-7-6-11(2)9-15(12)26-17(16)20-19(21)25-10-13(22)14-5-4-8-24-14/h4-5,8,11H,3,6-7,9-10H2,1-2H3/t11-/m0/s1. The van der Waals surface area contributed by atoms with Gasteiger partial charge in [-0.3, -0.25) is 14.2 Å². The molecule has 4 nitrogen and oxygen atoms in total. The fraction of sp³-hybridized carbons (Fsp3) is 0.421. The molecule has 0 bridgehead atoms. The minimum absolute atomic E-state index is 0.0515. The molecule has 1 aliphatic carbocycles. The molecule has 0 spiro atoms. The van der Waals surface area contributed by atoms with Gasteiger partial charge in [0.25, 0.3) is 5.56 Å². The first kappa shape index (κ1) is 17.9. The summed E-state index contributed by atoms with van der Waals surface area (Å²) in [6.45, 7) is 4.79. The number of rotatable bonds is 5. The van der Waals surface area contributed by atoms with Gasteiger partial charge in [-0.25, -0.2) is 4.98 Å². The maximum Gasteiger partial charge on any atom is 0.263 e. The Hall–Kier alpha value is -1.44. The number of thioether (sulfide) groups is 1. The zero-order chi connectivity index (χ0) is 18.3. The predicted molar refractivity (Wildman–Crippen MR) is 110 cm³/mol. The highest BCUT2D eigenvalue weighted by Crippen LogP contribution is 2.36. The minimum Gasteiger partial charge on any atom is -0.292 e. The number of aryl methyl sites for hydroxylation is 1. The van der Waals surface area contributed by atoms with Crippen molar-refractivity contribution < 1.29 is 4.79 Å². The first-order valence-corrected chi connectivity index (χ1v) is 11.5. The Balaban J connectivity index is 1.71. The van der Waals surface area contributed by atoms with E-state index in [0.29, 0.717) is 23.4 Å². The van der Waals surface area contributed by atoms with Crippen molar-refractivity contribution in [3.05, 3.63) is 43.2 Å². The van der Waals surface area contributed by atoms with Crippen LogP contribution in [0, 0.1) is 5.92 Å². The van der Waals surface area contributed by atoms with Crippen LogP contribution in [0.3, 0.4) is 0 Å². The molecule has 1 atom stereocenters. The van der Waals surface area contributed by atoms with Gasteiger partial charge in [0.2, 0.25) is 0 Å². The third kappa shape index (κ3) is 3.17. The summed E-state index contributed by atoms with van der Waals surface area (Å²) in [5.41, 5.74) is 1.27. The Labute approximate surface area is 164 Å². The van der Waals surface area contributed by atoms with Crippen molar-refractivity contribution in [2.45, 2.75) is 44.8 Å². The summed E-state index contributed by atoms with van der Waals surface area (Å²) < 4.78 is 1.72. The number of aromatic nitrogens is 2. The normalized spacial score (nSPS) is 16.8. The van der Waals surface area contributed by atoms with Crippen LogP contribution in [0.15, 0.2) is 27.5 Å². The molecule has 0 aliphatic heterocycles. The van der Waals surface area contributed by atoms with E-state index in [1.807, 2.05) is 24.4 Å². The second kappa shape index (κ2) is 7.29. The van der Waals surface area contributed by atoms with Gasteiger partial charge in [0.05, 0.1) is 16.0 Å². The Morgan fingerprint density at radius 1 is 1.46 bits per heavy atom. The lowest BCUT2D eigenvalue weighted by Crippen LogP contribution is -2.23. The average molecular weight is 405 g/mol. The first-order chi connectivity index (χ1) is 12.6. The molecule has 3 aromatic heterocycles. The maximum absolute atomic E-state index is 13.1. The highest BCUT2D eigenvalue weighted by molar-refractivity contribution is 7.99. The van der Waals surface area contributed by atoms with E-state index in [1.54, 1.807) is 15.9 Å². The van der Waals surface area contributed by atoms with E-state index in [1.165, 1.54) is 33.5 Å². The van der Waals surface area contributed by atoms with Crippen LogP contribution in [0.25, 0.3) is 10.2 Å². The van der Waals surface area contributed by atoms with Gasteiger partial charge in [-0.2, -0.15) is 0 Å². The third-order valence-electron chi connectivity index (χ3n) is 4.82. The topological polar surface area (TPSA) is 52.0 Å². The number of hydrogen-bond acceptors (Lipinski definition) is 6. The molecule has 0 unspecified atom stereocenters. The SMILES string of the molecule is CCn1c(SCC(=O)c2cccs2)nc2sc3c(c2c1=O)CC[C@H](C)C3. The second-order valence-electron chi connectivity index (χ2n) is 6.66. The molecule has 0 saturated heterocycles. The summed E-state index contributed by atoms with van der Waals surface area (Å²) in [5, 5.41) is 3.37. The Kier molecular flexibility index (Phi) is 5.03. The molecule has 136 valence electrons. The number of thiophene rings is 2. The average Bonchev–Trinajstić information content (AvgIpc) is 3.26. The van der Waals surface area contributed by atoms with Crippen LogP contribution in [0.2, 0.25) is 0 Å². The van der Waals surface area contributed by atoms with Gasteiger partial charge in [-0.1, -0.05) is 24.8 Å². The summed E-state index contributed by atoms with van der Waals surface area (Å²) in [6.07, 6.45) is 3.15.